The molecule has 0 saturated heterocycles. The quantitative estimate of drug-likeness (QED) is 0.511. The second-order valence-electron chi connectivity index (χ2n) is 1.08. The van der Waals surface area contributed by atoms with Crippen molar-refractivity contribution in [1.82, 2.24) is 5.32 Å². The molecule has 0 aliphatic carbocycles. The highest BCUT2D eigenvalue weighted by Gasteiger charge is 1.86. The molecule has 0 heterocycles. The molecule has 0 aliphatic rings. The fraction of sp³-hybridized carbons (Fsp3) is 0.400. The Morgan fingerprint density at radius 2 is 2.50 bits per heavy atom. The van der Waals surface area contributed by atoms with Gasteiger partial charge in [-0.1, -0.05) is 0 Å². The summed E-state index contributed by atoms with van der Waals surface area (Å²) in [6.45, 7) is 2.40. The lowest BCUT2D eigenvalue weighted by molar-refractivity contribution is -0.115. The maximum atomic E-state index is 10.3. The molecule has 0 aliphatic heterocycles. The molecule has 8 heavy (non-hydrogen) atoms. The van der Waals surface area contributed by atoms with Crippen molar-refractivity contribution < 1.29 is 4.79 Å². The first-order valence-electron chi connectivity index (χ1n) is 2.20. The fourth-order valence-electron chi connectivity index (χ4n) is 0.248. The van der Waals surface area contributed by atoms with E-state index >= 15 is 0 Å². The van der Waals surface area contributed by atoms with Gasteiger partial charge in [-0.2, -0.15) is 0 Å². The summed E-state index contributed by atoms with van der Waals surface area (Å²) in [7, 11) is 0. The number of carbonyl (C=O) groups excluding carboxylic acids is 1. The SMILES string of the molecule is CCNC(=O)C#CCl. The summed E-state index contributed by atoms with van der Waals surface area (Å²) in [6, 6.07) is 0. The number of carbonyl (C=O) groups is 1. The summed E-state index contributed by atoms with van der Waals surface area (Å²) < 4.78 is 0. The van der Waals surface area contributed by atoms with E-state index < -0.39 is 0 Å². The number of halogens is 1. The lowest BCUT2D eigenvalue weighted by atomic mass is 10.6. The van der Waals surface area contributed by atoms with E-state index in [0.29, 0.717) is 6.54 Å². The van der Waals surface area contributed by atoms with Crippen molar-refractivity contribution in [3.05, 3.63) is 0 Å². The van der Waals surface area contributed by atoms with Crippen LogP contribution in [0.3, 0.4) is 0 Å². The minimum Gasteiger partial charge on any atom is -0.346 e. The smallest absolute Gasteiger partial charge is 0.297 e. The van der Waals surface area contributed by atoms with Gasteiger partial charge in [0.1, 0.15) is 0 Å². The van der Waals surface area contributed by atoms with Gasteiger partial charge < -0.3 is 5.32 Å². The summed E-state index contributed by atoms with van der Waals surface area (Å²) in [6.07, 6.45) is 0. The molecule has 0 atom stereocenters. The van der Waals surface area contributed by atoms with Crippen molar-refractivity contribution in [3.63, 3.8) is 0 Å². The van der Waals surface area contributed by atoms with Gasteiger partial charge in [-0.3, -0.25) is 4.79 Å². The second kappa shape index (κ2) is 4.48. The van der Waals surface area contributed by atoms with Crippen LogP contribution in [0.2, 0.25) is 0 Å². The highest BCUT2D eigenvalue weighted by molar-refractivity contribution is 6.31. The summed E-state index contributed by atoms with van der Waals surface area (Å²) in [4.78, 5) is 10.3. The van der Waals surface area contributed by atoms with Crippen molar-refractivity contribution in [1.29, 1.82) is 0 Å². The first-order valence-corrected chi connectivity index (χ1v) is 2.58. The Labute approximate surface area is 53.2 Å². The summed E-state index contributed by atoms with van der Waals surface area (Å²) in [5.74, 6) is 1.78. The molecule has 0 aromatic heterocycles. The van der Waals surface area contributed by atoms with E-state index in [1.807, 2.05) is 12.3 Å². The van der Waals surface area contributed by atoms with Gasteiger partial charge >= 0.3 is 0 Å². The number of nitrogens with one attached hydrogen (secondary N) is 1. The van der Waals surface area contributed by atoms with E-state index in [4.69, 9.17) is 11.6 Å². The van der Waals surface area contributed by atoms with Gasteiger partial charge in [0, 0.05) is 17.8 Å². The predicted octanol–water partition coefficient (Wildman–Crippen LogP) is 0.322. The van der Waals surface area contributed by atoms with Crippen LogP contribution in [0.25, 0.3) is 0 Å². The third-order valence-electron chi connectivity index (χ3n) is 0.498. The standard InChI is InChI=1S/C5H6ClNO/c1-2-7-5(8)3-4-6/h2H2,1H3,(H,7,8). The lowest BCUT2D eigenvalue weighted by Crippen LogP contribution is -2.20. The molecule has 3 heteroatoms. The largest absolute Gasteiger partial charge is 0.346 e. The Morgan fingerprint density at radius 1 is 1.88 bits per heavy atom. The molecule has 0 aromatic carbocycles. The molecule has 1 amide bonds. The number of hydrogen-bond donors (Lipinski definition) is 1. The van der Waals surface area contributed by atoms with E-state index in [-0.39, 0.29) is 5.91 Å². The van der Waals surface area contributed by atoms with E-state index in [1.54, 1.807) is 0 Å². The molecular formula is C5H6ClNO. The van der Waals surface area contributed by atoms with Crippen molar-refractivity contribution in [2.45, 2.75) is 6.92 Å². The summed E-state index contributed by atoms with van der Waals surface area (Å²) in [5, 5.41) is 4.41. The average Bonchev–Trinajstić information content (AvgIpc) is 1.68. The van der Waals surface area contributed by atoms with Crippen molar-refractivity contribution in [3.8, 4) is 11.3 Å². The molecule has 0 fully saturated rings. The Kier molecular flexibility index (Phi) is 4.10. The van der Waals surface area contributed by atoms with Gasteiger partial charge in [-0.15, -0.1) is 0 Å². The molecule has 0 bridgehead atoms. The fourth-order valence-corrected chi connectivity index (χ4v) is 0.333. The Hall–Kier alpha value is -0.680. The minimum absolute atomic E-state index is 0.331. The number of hydrogen-bond acceptors (Lipinski definition) is 1. The third-order valence-corrected chi connectivity index (χ3v) is 0.593. The number of rotatable bonds is 1. The molecular weight excluding hydrogens is 126 g/mol. The Balaban J connectivity index is 3.44. The van der Waals surface area contributed by atoms with Crippen LogP contribution in [0.1, 0.15) is 6.92 Å². The molecule has 0 radical (unpaired) electrons. The lowest BCUT2D eigenvalue weighted by Gasteiger charge is -1.88. The van der Waals surface area contributed by atoms with Crippen molar-refractivity contribution in [2.24, 2.45) is 0 Å². The summed E-state index contributed by atoms with van der Waals surface area (Å²) >= 11 is 4.91. The first-order chi connectivity index (χ1) is 3.81. The Morgan fingerprint density at radius 3 is 2.88 bits per heavy atom. The number of amides is 1. The van der Waals surface area contributed by atoms with Gasteiger partial charge in [-0.25, -0.2) is 0 Å². The highest BCUT2D eigenvalue weighted by atomic mass is 35.5. The predicted molar refractivity (Wildman–Crippen MR) is 32.3 cm³/mol. The highest BCUT2D eigenvalue weighted by Crippen LogP contribution is 1.64. The van der Waals surface area contributed by atoms with Crippen LogP contribution in [0.4, 0.5) is 0 Å². The minimum atomic E-state index is -0.331. The van der Waals surface area contributed by atoms with Gasteiger partial charge in [0.15, 0.2) is 0 Å². The maximum absolute atomic E-state index is 10.3. The van der Waals surface area contributed by atoms with Crippen LogP contribution >= 0.6 is 11.6 Å². The van der Waals surface area contributed by atoms with Gasteiger partial charge in [0.25, 0.3) is 5.91 Å². The van der Waals surface area contributed by atoms with E-state index in [9.17, 15) is 4.79 Å². The van der Waals surface area contributed by atoms with Crippen LogP contribution in [-0.4, -0.2) is 12.5 Å². The van der Waals surface area contributed by atoms with Crippen LogP contribution in [0.15, 0.2) is 0 Å². The Bertz CT molecular complexity index is 133. The van der Waals surface area contributed by atoms with E-state index in [1.165, 1.54) is 0 Å². The molecule has 0 rings (SSSR count). The molecule has 0 unspecified atom stereocenters. The molecule has 1 N–H and O–H groups in total. The van der Waals surface area contributed by atoms with Crippen LogP contribution in [-0.2, 0) is 4.79 Å². The van der Waals surface area contributed by atoms with E-state index in [2.05, 4.69) is 11.2 Å². The van der Waals surface area contributed by atoms with Gasteiger partial charge in [0.2, 0.25) is 0 Å². The molecule has 0 saturated carbocycles. The maximum Gasteiger partial charge on any atom is 0.297 e. The second-order valence-corrected chi connectivity index (χ2v) is 1.27. The monoisotopic (exact) mass is 131 g/mol. The molecule has 0 aromatic rings. The zero-order valence-corrected chi connectivity index (χ0v) is 5.25. The molecule has 44 valence electrons. The zero-order valence-electron chi connectivity index (χ0n) is 4.49. The van der Waals surface area contributed by atoms with E-state index in [0.717, 1.165) is 0 Å². The van der Waals surface area contributed by atoms with Crippen LogP contribution in [0.5, 0.6) is 0 Å². The third kappa shape index (κ3) is 3.51. The van der Waals surface area contributed by atoms with Crippen molar-refractivity contribution >= 4 is 17.5 Å². The average molecular weight is 132 g/mol. The van der Waals surface area contributed by atoms with Crippen LogP contribution < -0.4 is 5.32 Å². The van der Waals surface area contributed by atoms with Gasteiger partial charge in [0.05, 0.1) is 0 Å². The van der Waals surface area contributed by atoms with Crippen LogP contribution in [0, 0.1) is 11.3 Å². The van der Waals surface area contributed by atoms with Gasteiger partial charge in [-0.05, 0) is 18.5 Å². The zero-order chi connectivity index (χ0) is 6.41. The molecule has 0 spiro atoms. The van der Waals surface area contributed by atoms with Crippen molar-refractivity contribution in [2.75, 3.05) is 6.54 Å². The normalized spacial score (nSPS) is 6.75. The topological polar surface area (TPSA) is 29.1 Å². The first kappa shape index (κ1) is 7.32. The summed E-state index contributed by atoms with van der Waals surface area (Å²) in [5.41, 5.74) is 0. The molecule has 2 nitrogen and oxygen atoms in total.